The Morgan fingerprint density at radius 2 is 1.94 bits per heavy atom. The molecule has 1 N–H and O–H groups in total. The van der Waals surface area contributed by atoms with E-state index in [0.29, 0.717) is 10.0 Å². The van der Waals surface area contributed by atoms with Crippen LogP contribution < -0.4 is 0 Å². The van der Waals surface area contributed by atoms with Crippen molar-refractivity contribution in [1.29, 1.82) is 0 Å². The van der Waals surface area contributed by atoms with Crippen molar-refractivity contribution in [2.24, 2.45) is 0 Å². The summed E-state index contributed by atoms with van der Waals surface area (Å²) in [4.78, 5) is 7.77. The second kappa shape index (κ2) is 4.30. The van der Waals surface area contributed by atoms with Crippen LogP contribution in [0.25, 0.3) is 22.4 Å². The van der Waals surface area contributed by atoms with E-state index in [1.165, 1.54) is 0 Å². The molecule has 0 amide bonds. The van der Waals surface area contributed by atoms with Crippen LogP contribution >= 0.6 is 23.2 Å². The first kappa shape index (κ1) is 11.6. The van der Waals surface area contributed by atoms with Crippen LogP contribution in [-0.4, -0.2) is 9.97 Å². The van der Waals surface area contributed by atoms with E-state index in [-0.39, 0.29) is 0 Å². The summed E-state index contributed by atoms with van der Waals surface area (Å²) in [6.45, 7) is 2.00. The highest BCUT2D eigenvalue weighted by Crippen LogP contribution is 2.27. The average molecular weight is 277 g/mol. The van der Waals surface area contributed by atoms with Crippen LogP contribution in [0.15, 0.2) is 36.4 Å². The molecule has 0 bridgehead atoms. The molecule has 0 unspecified atom stereocenters. The Hall–Kier alpha value is -1.51. The standard InChI is InChI=1S/C14H10Cl2N2/c1-8-5-9(7-10(15)6-8)14-17-12-4-2-3-11(16)13(12)18-14/h2-7H,1H3,(H,17,18). The van der Waals surface area contributed by atoms with Gasteiger partial charge < -0.3 is 4.98 Å². The molecule has 0 saturated heterocycles. The molecule has 0 fully saturated rings. The Bertz CT molecular complexity index is 711. The fraction of sp³-hybridized carbons (Fsp3) is 0.0714. The van der Waals surface area contributed by atoms with Crippen LogP contribution in [0.4, 0.5) is 0 Å². The summed E-state index contributed by atoms with van der Waals surface area (Å²) < 4.78 is 0. The van der Waals surface area contributed by atoms with Gasteiger partial charge >= 0.3 is 0 Å². The molecule has 0 radical (unpaired) electrons. The van der Waals surface area contributed by atoms with E-state index in [4.69, 9.17) is 23.2 Å². The number of aryl methyl sites for hydroxylation is 1. The smallest absolute Gasteiger partial charge is 0.138 e. The third-order valence-electron chi connectivity index (χ3n) is 2.78. The number of halogens is 2. The fourth-order valence-electron chi connectivity index (χ4n) is 2.01. The predicted octanol–water partition coefficient (Wildman–Crippen LogP) is 4.85. The molecule has 2 aromatic carbocycles. The monoisotopic (exact) mass is 276 g/mol. The molecule has 2 nitrogen and oxygen atoms in total. The van der Waals surface area contributed by atoms with Gasteiger partial charge in [-0.15, -0.1) is 0 Å². The van der Waals surface area contributed by atoms with Crippen LogP contribution in [0.1, 0.15) is 5.56 Å². The van der Waals surface area contributed by atoms with Crippen molar-refractivity contribution in [3.8, 4) is 11.4 Å². The van der Waals surface area contributed by atoms with E-state index in [1.807, 2.05) is 43.3 Å². The van der Waals surface area contributed by atoms with Gasteiger partial charge in [0, 0.05) is 10.6 Å². The zero-order chi connectivity index (χ0) is 12.7. The minimum absolute atomic E-state index is 0.647. The quantitative estimate of drug-likeness (QED) is 0.677. The first-order chi connectivity index (χ1) is 8.63. The van der Waals surface area contributed by atoms with Gasteiger partial charge in [-0.3, -0.25) is 0 Å². The van der Waals surface area contributed by atoms with Crippen LogP contribution in [0.2, 0.25) is 10.0 Å². The number of nitrogens with one attached hydrogen (secondary N) is 1. The molecular weight excluding hydrogens is 267 g/mol. The van der Waals surface area contributed by atoms with Crippen molar-refractivity contribution in [3.63, 3.8) is 0 Å². The molecule has 1 heterocycles. The Labute approximate surface area is 115 Å². The number of aromatic amines is 1. The lowest BCUT2D eigenvalue weighted by Gasteiger charge is -2.00. The second-order valence-corrected chi connectivity index (χ2v) is 5.08. The number of hydrogen-bond acceptors (Lipinski definition) is 1. The molecule has 0 aliphatic rings. The van der Waals surface area contributed by atoms with Gasteiger partial charge in [-0.05, 0) is 42.8 Å². The van der Waals surface area contributed by atoms with E-state index in [9.17, 15) is 0 Å². The van der Waals surface area contributed by atoms with Crippen molar-refractivity contribution in [2.45, 2.75) is 6.92 Å². The lowest BCUT2D eigenvalue weighted by molar-refractivity contribution is 1.32. The van der Waals surface area contributed by atoms with Gasteiger partial charge in [0.05, 0.1) is 10.5 Å². The van der Waals surface area contributed by atoms with E-state index in [0.717, 1.165) is 28.0 Å². The number of aromatic nitrogens is 2. The second-order valence-electron chi connectivity index (χ2n) is 4.24. The first-order valence-corrected chi connectivity index (χ1v) is 6.31. The zero-order valence-electron chi connectivity index (χ0n) is 9.67. The molecule has 0 aliphatic carbocycles. The highest BCUT2D eigenvalue weighted by atomic mass is 35.5. The molecule has 3 aromatic rings. The minimum Gasteiger partial charge on any atom is -0.338 e. The van der Waals surface area contributed by atoms with Gasteiger partial charge in [0.25, 0.3) is 0 Å². The molecule has 18 heavy (non-hydrogen) atoms. The van der Waals surface area contributed by atoms with Crippen molar-refractivity contribution in [1.82, 2.24) is 9.97 Å². The van der Waals surface area contributed by atoms with Crippen molar-refractivity contribution >= 4 is 34.2 Å². The maximum absolute atomic E-state index is 6.11. The van der Waals surface area contributed by atoms with E-state index >= 15 is 0 Å². The van der Waals surface area contributed by atoms with Gasteiger partial charge in [0.1, 0.15) is 11.3 Å². The van der Waals surface area contributed by atoms with Crippen molar-refractivity contribution < 1.29 is 0 Å². The molecule has 90 valence electrons. The third-order valence-corrected chi connectivity index (χ3v) is 3.30. The van der Waals surface area contributed by atoms with Gasteiger partial charge in [-0.1, -0.05) is 29.3 Å². The Morgan fingerprint density at radius 3 is 2.67 bits per heavy atom. The molecule has 4 heteroatoms. The zero-order valence-corrected chi connectivity index (χ0v) is 11.2. The van der Waals surface area contributed by atoms with Gasteiger partial charge in [0.15, 0.2) is 0 Å². The maximum Gasteiger partial charge on any atom is 0.138 e. The van der Waals surface area contributed by atoms with Crippen molar-refractivity contribution in [3.05, 3.63) is 52.0 Å². The predicted molar refractivity (Wildman–Crippen MR) is 76.3 cm³/mol. The largest absolute Gasteiger partial charge is 0.338 e. The maximum atomic E-state index is 6.11. The summed E-state index contributed by atoms with van der Waals surface area (Å²) in [5.41, 5.74) is 3.78. The van der Waals surface area contributed by atoms with Gasteiger partial charge in [-0.2, -0.15) is 0 Å². The summed E-state index contributed by atoms with van der Waals surface area (Å²) in [5.74, 6) is 0.781. The van der Waals surface area contributed by atoms with Crippen LogP contribution in [0.3, 0.4) is 0 Å². The summed E-state index contributed by atoms with van der Waals surface area (Å²) in [6.07, 6.45) is 0. The molecule has 0 spiro atoms. The topological polar surface area (TPSA) is 28.7 Å². The fourth-order valence-corrected chi connectivity index (χ4v) is 2.51. The normalized spacial score (nSPS) is 11.1. The molecule has 0 aliphatic heterocycles. The summed E-state index contributed by atoms with van der Waals surface area (Å²) in [5, 5.41) is 1.35. The molecule has 0 saturated carbocycles. The number of fused-ring (bicyclic) bond motifs is 1. The van der Waals surface area contributed by atoms with Crippen LogP contribution in [0.5, 0.6) is 0 Å². The van der Waals surface area contributed by atoms with Crippen LogP contribution in [-0.2, 0) is 0 Å². The highest BCUT2D eigenvalue weighted by molar-refractivity contribution is 6.35. The minimum atomic E-state index is 0.647. The average Bonchev–Trinajstić information content (AvgIpc) is 2.73. The Kier molecular flexibility index (Phi) is 2.77. The number of para-hydroxylation sites is 1. The number of hydrogen-bond donors (Lipinski definition) is 1. The lowest BCUT2D eigenvalue weighted by atomic mass is 10.1. The van der Waals surface area contributed by atoms with Crippen LogP contribution in [0, 0.1) is 6.92 Å². The summed E-state index contributed by atoms with van der Waals surface area (Å²) in [7, 11) is 0. The van der Waals surface area contributed by atoms with E-state index in [1.54, 1.807) is 0 Å². The number of rotatable bonds is 1. The van der Waals surface area contributed by atoms with Gasteiger partial charge in [0.2, 0.25) is 0 Å². The number of imidazole rings is 1. The van der Waals surface area contributed by atoms with Crippen molar-refractivity contribution in [2.75, 3.05) is 0 Å². The Balaban J connectivity index is 2.22. The van der Waals surface area contributed by atoms with E-state index in [2.05, 4.69) is 9.97 Å². The number of H-pyrrole nitrogens is 1. The number of nitrogens with zero attached hydrogens (tertiary/aromatic N) is 1. The van der Waals surface area contributed by atoms with Gasteiger partial charge in [-0.25, -0.2) is 4.98 Å². The summed E-state index contributed by atoms with van der Waals surface area (Å²) >= 11 is 12.2. The highest BCUT2D eigenvalue weighted by Gasteiger charge is 2.08. The molecule has 1 aromatic heterocycles. The van der Waals surface area contributed by atoms with E-state index < -0.39 is 0 Å². The molecule has 3 rings (SSSR count). The summed E-state index contributed by atoms with van der Waals surface area (Å²) in [6, 6.07) is 11.5. The molecule has 0 atom stereocenters. The first-order valence-electron chi connectivity index (χ1n) is 5.55. The third kappa shape index (κ3) is 1.98. The number of benzene rings is 2. The lowest BCUT2D eigenvalue weighted by Crippen LogP contribution is -1.82. The molecular formula is C14H10Cl2N2. The SMILES string of the molecule is Cc1cc(Cl)cc(-c2nc3c(Cl)cccc3[nH]2)c1. The Morgan fingerprint density at radius 1 is 1.11 bits per heavy atom.